The highest BCUT2D eigenvalue weighted by Crippen LogP contribution is 2.50. The molecule has 0 amide bonds. The maximum absolute atomic E-state index is 13.4. The molecule has 1 aliphatic heterocycles. The minimum atomic E-state index is -0.368. The third-order valence-electron chi connectivity index (χ3n) is 7.53. The molecule has 5 nitrogen and oxygen atoms in total. The molecule has 38 heavy (non-hydrogen) atoms. The summed E-state index contributed by atoms with van der Waals surface area (Å²) < 4.78 is 12.1. The van der Waals surface area contributed by atoms with Gasteiger partial charge in [-0.15, -0.1) is 0 Å². The molecular weight excluding hydrogens is 521 g/mol. The fourth-order valence-electron chi connectivity index (χ4n) is 5.93. The molecular formula is C31H33Cl2NO4. The standard InChI is InChI=1S/C31H33Cl2NO4/c1-3-15-34-23-7-5-9-25(35)30(23)29(31-24(34)8-6-10-26(31)36)19-12-14-27(28(16-19)37-4-2)38-18-20-11-13-21(32)17-22(20)33/h11-14,16-17,29H,3-10,15,18H2,1-2H3. The van der Waals surface area contributed by atoms with Gasteiger partial charge in [-0.05, 0) is 68.9 Å². The molecule has 2 aromatic rings. The van der Waals surface area contributed by atoms with Crippen molar-refractivity contribution in [1.82, 2.24) is 4.90 Å². The summed E-state index contributed by atoms with van der Waals surface area (Å²) in [5, 5.41) is 1.11. The van der Waals surface area contributed by atoms with Gasteiger partial charge >= 0.3 is 0 Å². The minimum Gasteiger partial charge on any atom is -0.490 e. The number of rotatable bonds is 8. The molecule has 0 atom stereocenters. The summed E-state index contributed by atoms with van der Waals surface area (Å²) in [6.45, 7) is 5.61. The highest BCUT2D eigenvalue weighted by molar-refractivity contribution is 6.35. The average molecular weight is 555 g/mol. The zero-order valence-corrected chi connectivity index (χ0v) is 23.5. The fraction of sp³-hybridized carbons (Fsp3) is 0.419. The van der Waals surface area contributed by atoms with Gasteiger partial charge in [-0.3, -0.25) is 9.59 Å². The van der Waals surface area contributed by atoms with Crippen molar-refractivity contribution in [1.29, 1.82) is 0 Å². The van der Waals surface area contributed by atoms with Crippen molar-refractivity contribution < 1.29 is 19.1 Å². The molecule has 0 spiro atoms. The molecule has 0 bridgehead atoms. The lowest BCUT2D eigenvalue weighted by molar-refractivity contribution is -0.117. The summed E-state index contributed by atoms with van der Waals surface area (Å²) in [4.78, 5) is 29.2. The lowest BCUT2D eigenvalue weighted by Gasteiger charge is -2.44. The Kier molecular flexibility index (Phi) is 8.15. The van der Waals surface area contributed by atoms with E-state index in [1.165, 1.54) is 0 Å². The van der Waals surface area contributed by atoms with E-state index < -0.39 is 0 Å². The quantitative estimate of drug-likeness (QED) is 0.333. The van der Waals surface area contributed by atoms with E-state index >= 15 is 0 Å². The first kappa shape index (κ1) is 26.8. The van der Waals surface area contributed by atoms with E-state index in [9.17, 15) is 9.59 Å². The molecule has 0 saturated heterocycles. The first-order valence-electron chi connectivity index (χ1n) is 13.6. The van der Waals surface area contributed by atoms with Crippen molar-refractivity contribution in [3.63, 3.8) is 0 Å². The van der Waals surface area contributed by atoms with Crippen molar-refractivity contribution in [2.75, 3.05) is 13.2 Å². The first-order valence-corrected chi connectivity index (χ1v) is 14.3. The van der Waals surface area contributed by atoms with Crippen LogP contribution in [0.1, 0.15) is 75.8 Å². The molecule has 1 heterocycles. The number of carbonyl (C=O) groups is 2. The van der Waals surface area contributed by atoms with E-state index in [4.69, 9.17) is 32.7 Å². The minimum absolute atomic E-state index is 0.151. The molecule has 0 unspecified atom stereocenters. The molecule has 3 aliphatic rings. The number of halogens is 2. The van der Waals surface area contributed by atoms with Gasteiger partial charge in [0.15, 0.2) is 23.1 Å². The molecule has 0 radical (unpaired) electrons. The van der Waals surface area contributed by atoms with Crippen molar-refractivity contribution >= 4 is 34.8 Å². The number of ketones is 2. The second-order valence-electron chi connectivity index (χ2n) is 10.0. The monoisotopic (exact) mass is 553 g/mol. The van der Waals surface area contributed by atoms with Crippen molar-refractivity contribution in [2.24, 2.45) is 0 Å². The largest absolute Gasteiger partial charge is 0.490 e. The Bertz CT molecular complexity index is 1290. The summed E-state index contributed by atoms with van der Waals surface area (Å²) in [5.74, 6) is 1.10. The highest BCUT2D eigenvalue weighted by atomic mass is 35.5. The lowest BCUT2D eigenvalue weighted by atomic mass is 9.71. The molecule has 5 rings (SSSR count). The summed E-state index contributed by atoms with van der Waals surface area (Å²) in [6.07, 6.45) is 5.43. The van der Waals surface area contributed by atoms with Crippen LogP contribution in [0.2, 0.25) is 10.0 Å². The van der Waals surface area contributed by atoms with Crippen LogP contribution in [0.3, 0.4) is 0 Å². The van der Waals surface area contributed by atoms with Crippen LogP contribution in [-0.4, -0.2) is 29.6 Å². The van der Waals surface area contributed by atoms with E-state index in [1.807, 2.05) is 31.2 Å². The van der Waals surface area contributed by atoms with Gasteiger partial charge in [0.1, 0.15) is 6.61 Å². The van der Waals surface area contributed by atoms with E-state index in [-0.39, 0.29) is 24.1 Å². The molecule has 0 fully saturated rings. The molecule has 0 aromatic heterocycles. The van der Waals surface area contributed by atoms with Gasteiger partial charge in [0.05, 0.1) is 6.61 Å². The fourth-order valence-corrected chi connectivity index (χ4v) is 6.39. The van der Waals surface area contributed by atoms with Crippen molar-refractivity contribution in [3.8, 4) is 11.5 Å². The number of nitrogens with zero attached hydrogens (tertiary/aromatic N) is 1. The van der Waals surface area contributed by atoms with Crippen molar-refractivity contribution in [3.05, 3.63) is 80.1 Å². The Balaban J connectivity index is 1.56. The van der Waals surface area contributed by atoms with Crippen LogP contribution in [-0.2, 0) is 16.2 Å². The third kappa shape index (κ3) is 5.11. The van der Waals surface area contributed by atoms with Crippen LogP contribution >= 0.6 is 23.2 Å². The van der Waals surface area contributed by atoms with E-state index in [0.29, 0.717) is 41.0 Å². The van der Waals surface area contributed by atoms with E-state index in [1.54, 1.807) is 12.1 Å². The van der Waals surface area contributed by atoms with Gasteiger partial charge in [-0.2, -0.15) is 0 Å². The van der Waals surface area contributed by atoms with Crippen LogP contribution < -0.4 is 9.47 Å². The van der Waals surface area contributed by atoms with Gasteiger partial charge < -0.3 is 14.4 Å². The molecule has 200 valence electrons. The van der Waals surface area contributed by atoms with Gasteiger partial charge in [-0.25, -0.2) is 0 Å². The molecule has 0 saturated carbocycles. The maximum Gasteiger partial charge on any atom is 0.161 e. The number of hydrogen-bond acceptors (Lipinski definition) is 5. The number of hydrogen-bond donors (Lipinski definition) is 0. The number of carbonyl (C=O) groups excluding carboxylic acids is 2. The molecule has 7 heteroatoms. The highest BCUT2D eigenvalue weighted by Gasteiger charge is 2.43. The summed E-state index contributed by atoms with van der Waals surface area (Å²) in [5.41, 5.74) is 5.52. The summed E-state index contributed by atoms with van der Waals surface area (Å²) >= 11 is 12.4. The van der Waals surface area contributed by atoms with Gasteiger partial charge in [0.25, 0.3) is 0 Å². The summed E-state index contributed by atoms with van der Waals surface area (Å²) in [6, 6.07) is 11.1. The third-order valence-corrected chi connectivity index (χ3v) is 8.12. The summed E-state index contributed by atoms with van der Waals surface area (Å²) in [7, 11) is 0. The van der Waals surface area contributed by atoms with Gasteiger partial charge in [-0.1, -0.05) is 42.3 Å². The smallest absolute Gasteiger partial charge is 0.161 e. The Morgan fingerprint density at radius 2 is 1.53 bits per heavy atom. The van der Waals surface area contributed by atoms with E-state index in [0.717, 1.165) is 72.3 Å². The molecule has 2 aliphatic carbocycles. The predicted molar refractivity (Wildman–Crippen MR) is 150 cm³/mol. The van der Waals surface area contributed by atoms with Crippen LogP contribution in [0.4, 0.5) is 0 Å². The second-order valence-corrected chi connectivity index (χ2v) is 10.9. The Labute approximate surface area is 234 Å². The normalized spacial score (nSPS) is 18.1. The number of Topliss-reactive ketones (excluding diaryl/α,β-unsaturated/α-hetero) is 2. The van der Waals surface area contributed by atoms with Crippen LogP contribution in [0.15, 0.2) is 58.9 Å². The average Bonchev–Trinajstić information content (AvgIpc) is 2.90. The second kappa shape index (κ2) is 11.5. The maximum atomic E-state index is 13.4. The number of benzene rings is 2. The lowest BCUT2D eigenvalue weighted by Crippen LogP contribution is -2.39. The van der Waals surface area contributed by atoms with Crippen LogP contribution in [0, 0.1) is 0 Å². The Morgan fingerprint density at radius 3 is 2.13 bits per heavy atom. The van der Waals surface area contributed by atoms with Crippen LogP contribution in [0.5, 0.6) is 11.5 Å². The van der Waals surface area contributed by atoms with E-state index in [2.05, 4.69) is 11.8 Å². The zero-order chi connectivity index (χ0) is 26.8. The first-order chi connectivity index (χ1) is 18.4. The van der Waals surface area contributed by atoms with Crippen LogP contribution in [0.25, 0.3) is 0 Å². The molecule has 0 N–H and O–H groups in total. The number of allylic oxidation sites excluding steroid dienone is 4. The van der Waals surface area contributed by atoms with Crippen molar-refractivity contribution in [2.45, 2.75) is 71.3 Å². The molecule has 2 aromatic carbocycles. The van der Waals surface area contributed by atoms with Gasteiger partial charge in [0.2, 0.25) is 0 Å². The zero-order valence-electron chi connectivity index (χ0n) is 21.9. The topological polar surface area (TPSA) is 55.8 Å². The Morgan fingerprint density at radius 1 is 0.842 bits per heavy atom. The predicted octanol–water partition coefficient (Wildman–Crippen LogP) is 7.79. The number of ether oxygens (including phenoxy) is 2. The SMILES string of the molecule is CCCN1C2=C(C(=O)CCC2)C(c2ccc(OCc3ccc(Cl)cc3Cl)c(OCC)c2)C2=C1CCCC2=O. The Hall–Kier alpha value is -2.76. The van der Waals surface area contributed by atoms with Gasteiger partial charge in [0, 0.05) is 63.5 Å².